The number of hydrazine groups is 1. The number of alkyl halides is 3. The van der Waals surface area contributed by atoms with Gasteiger partial charge < -0.3 is 0 Å². The predicted octanol–water partition coefficient (Wildman–Crippen LogP) is 3.66. The summed E-state index contributed by atoms with van der Waals surface area (Å²) in [5.41, 5.74) is 3.27. The zero-order valence-electron chi connectivity index (χ0n) is 10.5. The first-order chi connectivity index (χ1) is 9.69. The number of nitrogens with zero attached hydrogens (tertiary/aromatic N) is 3. The summed E-state index contributed by atoms with van der Waals surface area (Å²) in [6.07, 6.45) is -0.390. The molecule has 0 bridgehead atoms. The molecule has 1 aromatic rings. The normalized spacial score (nSPS) is 19.2. The summed E-state index contributed by atoms with van der Waals surface area (Å²) in [5, 5.41) is 10.6. The van der Waals surface area contributed by atoms with E-state index in [9.17, 15) is 14.9 Å². The highest BCUT2D eigenvalue weighted by Gasteiger charge is 2.40. The minimum Gasteiger partial charge on any atom is -0.275 e. The lowest BCUT2D eigenvalue weighted by Gasteiger charge is -2.19. The van der Waals surface area contributed by atoms with Crippen molar-refractivity contribution in [3.8, 4) is 0 Å². The number of hydrogen-bond donors (Lipinski definition) is 1. The Bertz CT molecular complexity index is 566. The van der Waals surface area contributed by atoms with Crippen LogP contribution in [0.3, 0.4) is 0 Å². The maximum atomic E-state index is 12.3. The molecule has 2 rings (SSSR count). The number of urea groups is 1. The molecule has 1 aromatic carbocycles. The number of nitro benzene ring substituents is 1. The molecule has 114 valence electrons. The second-order valence-corrected chi connectivity index (χ2v) is 8.18. The third kappa shape index (κ3) is 3.83. The Hall–Kier alpha value is -0.930. The van der Waals surface area contributed by atoms with Gasteiger partial charge in [-0.15, -0.1) is 0 Å². The molecule has 0 aliphatic carbocycles. The molecule has 1 atom stereocenters. The molecule has 0 radical (unpaired) electrons. The van der Waals surface area contributed by atoms with Gasteiger partial charge in [0.15, 0.2) is 0 Å². The van der Waals surface area contributed by atoms with Crippen LogP contribution in [0.2, 0.25) is 0 Å². The van der Waals surface area contributed by atoms with Gasteiger partial charge in [-0.3, -0.25) is 15.0 Å². The summed E-state index contributed by atoms with van der Waals surface area (Å²) in [6, 6.07) is 5.17. The average molecular weight is 372 g/mol. The number of nitro groups is 1. The van der Waals surface area contributed by atoms with Crippen LogP contribution >= 0.6 is 46.8 Å². The minimum absolute atomic E-state index is 0.0569. The van der Waals surface area contributed by atoms with Crippen molar-refractivity contribution in [2.24, 2.45) is 0 Å². The predicted molar refractivity (Wildman–Crippen MR) is 83.3 cm³/mol. The highest BCUT2D eigenvalue weighted by molar-refractivity contribution is 8.03. The van der Waals surface area contributed by atoms with Gasteiger partial charge in [0.2, 0.25) is 0 Å². The number of anilines is 1. The fourth-order valence-electron chi connectivity index (χ4n) is 1.78. The molecule has 2 amide bonds. The van der Waals surface area contributed by atoms with Gasteiger partial charge in [-0.05, 0) is 19.1 Å². The SMILES string of the molecule is CC1NN(SC(Cl)(Cl)Cl)C(=O)N1c1ccc([N+](=O)[O-])cc1. The van der Waals surface area contributed by atoms with Crippen molar-refractivity contribution in [3.63, 3.8) is 0 Å². The first kappa shape index (κ1) is 16.4. The number of hydrogen-bond acceptors (Lipinski definition) is 5. The van der Waals surface area contributed by atoms with E-state index in [4.69, 9.17) is 34.8 Å². The Morgan fingerprint density at radius 1 is 1.33 bits per heavy atom. The van der Waals surface area contributed by atoms with E-state index in [2.05, 4.69) is 5.43 Å². The zero-order chi connectivity index (χ0) is 15.8. The quantitative estimate of drug-likeness (QED) is 0.380. The molecule has 0 aromatic heterocycles. The molecule has 1 aliphatic rings. The van der Waals surface area contributed by atoms with Gasteiger partial charge in [-0.1, -0.05) is 34.8 Å². The lowest BCUT2D eigenvalue weighted by Crippen LogP contribution is -2.34. The van der Waals surface area contributed by atoms with Crippen LogP contribution in [-0.2, 0) is 0 Å². The fraction of sp³-hybridized carbons (Fsp3) is 0.300. The maximum Gasteiger partial charge on any atom is 0.350 e. The van der Waals surface area contributed by atoms with Crippen molar-refractivity contribution in [1.82, 2.24) is 9.84 Å². The number of nitrogens with one attached hydrogen (secondary N) is 1. The number of non-ortho nitro benzene ring substituents is 1. The molecule has 0 saturated carbocycles. The standard InChI is InChI=1S/C10H9Cl3N4O3S/c1-6-14-16(21-10(11,12)13)9(18)15(6)7-2-4-8(5-3-7)17(19)20/h2-6,14H,1H3. The van der Waals surface area contributed by atoms with Crippen molar-refractivity contribution in [3.05, 3.63) is 34.4 Å². The monoisotopic (exact) mass is 370 g/mol. The van der Waals surface area contributed by atoms with Gasteiger partial charge in [0.25, 0.3) is 8.81 Å². The lowest BCUT2D eigenvalue weighted by molar-refractivity contribution is -0.384. The highest BCUT2D eigenvalue weighted by Crippen LogP contribution is 2.42. The maximum absolute atomic E-state index is 12.3. The van der Waals surface area contributed by atoms with Gasteiger partial charge in [-0.2, -0.15) is 9.84 Å². The minimum atomic E-state index is -1.69. The summed E-state index contributed by atoms with van der Waals surface area (Å²) in [5.74, 6) is 0. The molecule has 1 aliphatic heterocycles. The molecule has 1 fully saturated rings. The Morgan fingerprint density at radius 2 is 1.90 bits per heavy atom. The topological polar surface area (TPSA) is 78.7 Å². The first-order valence-corrected chi connectivity index (χ1v) is 7.49. The number of halogens is 3. The third-order valence-corrected chi connectivity index (χ3v) is 3.88. The van der Waals surface area contributed by atoms with E-state index in [1.807, 2.05) is 0 Å². The van der Waals surface area contributed by atoms with Crippen molar-refractivity contribution in [1.29, 1.82) is 0 Å². The number of carbonyl (C=O) groups excluding carboxylic acids is 1. The summed E-state index contributed by atoms with van der Waals surface area (Å²) in [6.45, 7) is 1.73. The summed E-state index contributed by atoms with van der Waals surface area (Å²) >= 11 is 17.6. The number of benzene rings is 1. The summed E-state index contributed by atoms with van der Waals surface area (Å²) in [7, 11) is 0. The lowest BCUT2D eigenvalue weighted by atomic mass is 10.2. The number of amides is 2. The first-order valence-electron chi connectivity index (χ1n) is 5.59. The van der Waals surface area contributed by atoms with E-state index >= 15 is 0 Å². The van der Waals surface area contributed by atoms with E-state index in [0.29, 0.717) is 17.6 Å². The van der Waals surface area contributed by atoms with Gasteiger partial charge in [0, 0.05) is 29.8 Å². The molecule has 7 nitrogen and oxygen atoms in total. The van der Waals surface area contributed by atoms with Gasteiger partial charge in [-0.25, -0.2) is 4.79 Å². The van der Waals surface area contributed by atoms with E-state index in [1.165, 1.54) is 29.2 Å². The Kier molecular flexibility index (Phi) is 4.74. The zero-order valence-corrected chi connectivity index (χ0v) is 13.6. The van der Waals surface area contributed by atoms with Crippen molar-refractivity contribution in [2.45, 2.75) is 16.2 Å². The molecule has 0 spiro atoms. The van der Waals surface area contributed by atoms with E-state index in [-0.39, 0.29) is 11.9 Å². The summed E-state index contributed by atoms with van der Waals surface area (Å²) in [4.78, 5) is 23.8. The van der Waals surface area contributed by atoms with Crippen LogP contribution in [0.5, 0.6) is 0 Å². The van der Waals surface area contributed by atoms with Crippen LogP contribution < -0.4 is 10.3 Å². The van der Waals surface area contributed by atoms with Gasteiger partial charge in [0.05, 0.1) is 4.92 Å². The smallest absolute Gasteiger partial charge is 0.275 e. The van der Waals surface area contributed by atoms with Crippen LogP contribution in [0.25, 0.3) is 0 Å². The van der Waals surface area contributed by atoms with Crippen molar-refractivity contribution < 1.29 is 9.72 Å². The second kappa shape index (κ2) is 6.05. The molecule has 21 heavy (non-hydrogen) atoms. The van der Waals surface area contributed by atoms with Crippen LogP contribution in [0.1, 0.15) is 6.92 Å². The molecule has 11 heteroatoms. The third-order valence-electron chi connectivity index (χ3n) is 2.60. The molecule has 1 N–H and O–H groups in total. The number of rotatable bonds is 3. The van der Waals surface area contributed by atoms with E-state index in [1.54, 1.807) is 6.92 Å². The van der Waals surface area contributed by atoms with E-state index in [0.717, 1.165) is 4.41 Å². The highest BCUT2D eigenvalue weighted by atomic mass is 35.6. The molecular weight excluding hydrogens is 363 g/mol. The Balaban J connectivity index is 2.20. The number of carbonyl (C=O) groups is 1. The molecule has 1 heterocycles. The van der Waals surface area contributed by atoms with Crippen LogP contribution in [0.15, 0.2) is 24.3 Å². The van der Waals surface area contributed by atoms with Crippen LogP contribution in [-0.4, -0.2) is 24.7 Å². The summed E-state index contributed by atoms with van der Waals surface area (Å²) < 4.78 is -0.576. The molecule has 1 unspecified atom stereocenters. The Morgan fingerprint density at radius 3 is 2.38 bits per heavy atom. The van der Waals surface area contributed by atoms with Crippen LogP contribution in [0, 0.1) is 10.1 Å². The fourth-order valence-corrected chi connectivity index (χ4v) is 2.98. The van der Waals surface area contributed by atoms with Gasteiger partial charge in [0.1, 0.15) is 6.17 Å². The van der Waals surface area contributed by atoms with Crippen molar-refractivity contribution >= 4 is 64.2 Å². The second-order valence-electron chi connectivity index (χ2n) is 4.06. The van der Waals surface area contributed by atoms with E-state index < -0.39 is 14.1 Å². The van der Waals surface area contributed by atoms with Gasteiger partial charge >= 0.3 is 6.03 Å². The largest absolute Gasteiger partial charge is 0.350 e. The van der Waals surface area contributed by atoms with Crippen molar-refractivity contribution in [2.75, 3.05) is 4.90 Å². The average Bonchev–Trinajstić information content (AvgIpc) is 2.62. The Labute approximate surface area is 139 Å². The molecular formula is C10H9Cl3N4O3S. The van der Waals surface area contributed by atoms with Crippen LogP contribution in [0.4, 0.5) is 16.2 Å². The molecule has 1 saturated heterocycles.